The second-order valence-corrected chi connectivity index (χ2v) is 7.52. The van der Waals surface area contributed by atoms with E-state index < -0.39 is 27.7 Å². The molecule has 2 aromatic rings. The van der Waals surface area contributed by atoms with Gasteiger partial charge in [0.2, 0.25) is 5.91 Å². The van der Waals surface area contributed by atoms with Gasteiger partial charge in [-0.05, 0) is 36.8 Å². The lowest BCUT2D eigenvalue weighted by Gasteiger charge is -2.18. The van der Waals surface area contributed by atoms with Gasteiger partial charge in [-0.2, -0.15) is 13.2 Å². The van der Waals surface area contributed by atoms with Crippen molar-refractivity contribution in [3.63, 3.8) is 0 Å². The van der Waals surface area contributed by atoms with Crippen LogP contribution in [0.25, 0.3) is 0 Å². The zero-order valence-electron chi connectivity index (χ0n) is 13.5. The second kappa shape index (κ2) is 6.87. The highest BCUT2D eigenvalue weighted by atomic mass is 32.2. The topological polar surface area (TPSA) is 54.5 Å². The number of aryl methyl sites for hydroxylation is 1. The van der Waals surface area contributed by atoms with Crippen molar-refractivity contribution in [3.8, 4) is 0 Å². The van der Waals surface area contributed by atoms with Crippen molar-refractivity contribution in [1.82, 2.24) is 4.31 Å². The van der Waals surface area contributed by atoms with E-state index in [1.807, 2.05) is 0 Å². The number of sulfonamides is 1. The fourth-order valence-corrected chi connectivity index (χ4v) is 3.23. The third-order valence-electron chi connectivity index (χ3n) is 3.67. The summed E-state index contributed by atoms with van der Waals surface area (Å²) in [6, 6.07) is 10.1. The molecular formula is C17H16F3NO3S. The van der Waals surface area contributed by atoms with E-state index in [1.165, 1.54) is 12.1 Å². The molecule has 0 saturated carbocycles. The summed E-state index contributed by atoms with van der Waals surface area (Å²) in [5.74, 6) is -0.736. The molecule has 0 N–H and O–H groups in total. The number of likely N-dealkylation sites (N-methyl/N-ethyl adjacent to an activating group) is 1. The molecular weight excluding hydrogens is 355 g/mol. The lowest BCUT2D eigenvalue weighted by Crippen LogP contribution is -2.34. The van der Waals surface area contributed by atoms with E-state index in [9.17, 15) is 26.4 Å². The number of hydrogen-bond acceptors (Lipinski definition) is 3. The van der Waals surface area contributed by atoms with Crippen LogP contribution in [0.5, 0.6) is 0 Å². The summed E-state index contributed by atoms with van der Waals surface area (Å²) in [5, 5.41) is 0. The number of carbonyl (C=O) groups is 1. The van der Waals surface area contributed by atoms with Crippen LogP contribution in [0.15, 0.2) is 53.4 Å². The van der Waals surface area contributed by atoms with Gasteiger partial charge in [0.1, 0.15) is 0 Å². The Morgan fingerprint density at radius 1 is 1.00 bits per heavy atom. The minimum atomic E-state index is -4.46. The summed E-state index contributed by atoms with van der Waals surface area (Å²) >= 11 is 0. The van der Waals surface area contributed by atoms with E-state index in [0.717, 1.165) is 36.9 Å². The molecule has 4 nitrogen and oxygen atoms in total. The van der Waals surface area contributed by atoms with Crippen LogP contribution in [0.4, 0.5) is 13.2 Å². The Bertz CT molecular complexity index is 858. The van der Waals surface area contributed by atoms with Gasteiger partial charge in [-0.15, -0.1) is 0 Å². The first kappa shape index (κ1) is 19.0. The smallest absolute Gasteiger partial charge is 0.273 e. The molecule has 2 aromatic carbocycles. The zero-order valence-corrected chi connectivity index (χ0v) is 14.4. The van der Waals surface area contributed by atoms with Gasteiger partial charge in [0.05, 0.1) is 16.9 Å². The Hall–Kier alpha value is -2.35. The van der Waals surface area contributed by atoms with Crippen LogP contribution in [-0.2, 0) is 27.4 Å². The summed E-state index contributed by atoms with van der Waals surface area (Å²) in [6.07, 6.45) is -4.78. The van der Waals surface area contributed by atoms with Crippen LogP contribution in [0.2, 0.25) is 0 Å². The predicted molar refractivity (Wildman–Crippen MR) is 86.3 cm³/mol. The lowest BCUT2D eigenvalue weighted by atomic mass is 10.1. The van der Waals surface area contributed by atoms with Gasteiger partial charge in [0, 0.05) is 7.05 Å². The van der Waals surface area contributed by atoms with Crippen molar-refractivity contribution < 1.29 is 26.4 Å². The molecule has 0 bridgehead atoms. The Morgan fingerprint density at radius 3 is 2.00 bits per heavy atom. The summed E-state index contributed by atoms with van der Waals surface area (Å²) in [4.78, 5) is 12.2. The van der Waals surface area contributed by atoms with Crippen LogP contribution < -0.4 is 0 Å². The Balaban J connectivity index is 2.15. The number of halogens is 3. The van der Waals surface area contributed by atoms with Crippen LogP contribution in [0.3, 0.4) is 0 Å². The third kappa shape index (κ3) is 4.39. The molecule has 8 heteroatoms. The average Bonchev–Trinajstić information content (AvgIpc) is 2.54. The van der Waals surface area contributed by atoms with Crippen molar-refractivity contribution in [2.45, 2.75) is 24.4 Å². The second-order valence-electron chi connectivity index (χ2n) is 5.55. The minimum absolute atomic E-state index is 0.0265. The maximum Gasteiger partial charge on any atom is 0.416 e. The fourth-order valence-electron chi connectivity index (χ4n) is 2.10. The summed E-state index contributed by atoms with van der Waals surface area (Å²) in [7, 11) is -2.88. The molecule has 0 aliphatic rings. The summed E-state index contributed by atoms with van der Waals surface area (Å²) < 4.78 is 63.0. The molecule has 0 atom stereocenters. The molecule has 25 heavy (non-hydrogen) atoms. The molecule has 0 fully saturated rings. The Labute approximate surface area is 143 Å². The van der Waals surface area contributed by atoms with Crippen molar-refractivity contribution in [1.29, 1.82) is 0 Å². The minimum Gasteiger partial charge on any atom is -0.273 e. The molecule has 0 aliphatic carbocycles. The number of rotatable bonds is 4. The van der Waals surface area contributed by atoms with Gasteiger partial charge in [-0.3, -0.25) is 4.79 Å². The highest BCUT2D eigenvalue weighted by molar-refractivity contribution is 7.89. The quantitative estimate of drug-likeness (QED) is 0.828. The van der Waals surface area contributed by atoms with Crippen molar-refractivity contribution in [2.75, 3.05) is 7.05 Å². The highest BCUT2D eigenvalue weighted by Gasteiger charge is 2.30. The lowest BCUT2D eigenvalue weighted by molar-refractivity contribution is -0.137. The average molecular weight is 371 g/mol. The zero-order chi connectivity index (χ0) is 18.8. The standard InChI is InChI=1S/C17H16F3NO3S/c1-12-3-9-15(10-4-12)25(23,24)21(2)16(22)11-13-5-7-14(8-6-13)17(18,19)20/h3-10H,11H2,1-2H3. The van der Waals surface area contributed by atoms with Gasteiger partial charge in [-0.1, -0.05) is 29.8 Å². The first-order chi connectivity index (χ1) is 11.5. The fraction of sp³-hybridized carbons (Fsp3) is 0.235. The van der Waals surface area contributed by atoms with Gasteiger partial charge >= 0.3 is 6.18 Å². The van der Waals surface area contributed by atoms with Gasteiger partial charge in [0.25, 0.3) is 10.0 Å². The third-order valence-corrected chi connectivity index (χ3v) is 5.46. The molecule has 0 aromatic heterocycles. The molecule has 1 amide bonds. The first-order valence-corrected chi connectivity index (χ1v) is 8.70. The number of nitrogens with zero attached hydrogens (tertiary/aromatic N) is 1. The number of amides is 1. The number of alkyl halides is 3. The molecule has 0 aliphatic heterocycles. The maximum absolute atomic E-state index is 12.5. The molecule has 0 spiro atoms. The highest BCUT2D eigenvalue weighted by Crippen LogP contribution is 2.29. The predicted octanol–water partition coefficient (Wildman–Crippen LogP) is 3.40. The number of benzene rings is 2. The van der Waals surface area contributed by atoms with E-state index in [-0.39, 0.29) is 11.3 Å². The maximum atomic E-state index is 12.5. The largest absolute Gasteiger partial charge is 0.416 e. The Morgan fingerprint density at radius 2 is 1.52 bits per heavy atom. The van der Waals surface area contributed by atoms with E-state index in [1.54, 1.807) is 19.1 Å². The Kier molecular flexibility index (Phi) is 5.22. The molecule has 0 saturated heterocycles. The van der Waals surface area contributed by atoms with E-state index in [4.69, 9.17) is 0 Å². The van der Waals surface area contributed by atoms with Crippen LogP contribution >= 0.6 is 0 Å². The molecule has 134 valence electrons. The van der Waals surface area contributed by atoms with Gasteiger partial charge in [-0.25, -0.2) is 12.7 Å². The molecule has 0 unspecified atom stereocenters. The van der Waals surface area contributed by atoms with E-state index in [0.29, 0.717) is 9.87 Å². The number of carbonyl (C=O) groups excluding carboxylic acids is 1. The molecule has 0 radical (unpaired) electrons. The first-order valence-electron chi connectivity index (χ1n) is 7.26. The van der Waals surface area contributed by atoms with Crippen LogP contribution in [0, 0.1) is 6.92 Å². The summed E-state index contributed by atoms with van der Waals surface area (Å²) in [6.45, 7) is 1.80. The number of hydrogen-bond donors (Lipinski definition) is 0. The normalized spacial score (nSPS) is 12.0. The van der Waals surface area contributed by atoms with Gasteiger partial charge in [0.15, 0.2) is 0 Å². The van der Waals surface area contributed by atoms with E-state index >= 15 is 0 Å². The van der Waals surface area contributed by atoms with E-state index in [2.05, 4.69) is 0 Å². The monoisotopic (exact) mass is 371 g/mol. The molecule has 0 heterocycles. The SMILES string of the molecule is Cc1ccc(S(=O)(=O)N(C)C(=O)Cc2ccc(C(F)(F)F)cc2)cc1. The van der Waals surface area contributed by atoms with Crippen LogP contribution in [0.1, 0.15) is 16.7 Å². The van der Waals surface area contributed by atoms with Crippen molar-refractivity contribution in [2.24, 2.45) is 0 Å². The van der Waals surface area contributed by atoms with Crippen molar-refractivity contribution in [3.05, 3.63) is 65.2 Å². The van der Waals surface area contributed by atoms with Crippen molar-refractivity contribution >= 4 is 15.9 Å². The summed E-state index contributed by atoms with van der Waals surface area (Å²) in [5.41, 5.74) is 0.339. The van der Waals surface area contributed by atoms with Gasteiger partial charge < -0.3 is 0 Å². The van der Waals surface area contributed by atoms with Crippen LogP contribution in [-0.4, -0.2) is 25.7 Å². The molecule has 2 rings (SSSR count).